The van der Waals surface area contributed by atoms with Gasteiger partial charge in [-0.3, -0.25) is 4.98 Å². The van der Waals surface area contributed by atoms with Crippen LogP contribution >= 0.6 is 0 Å². The maximum absolute atomic E-state index is 4.25. The summed E-state index contributed by atoms with van der Waals surface area (Å²) in [5.74, 6) is 0. The number of pyridine rings is 2. The fraction of sp³-hybridized carbons (Fsp3) is 0. The molecule has 0 amide bonds. The Kier molecular flexibility index (Phi) is 2.31. The number of rotatable bonds is 0. The Hall–Kier alpha value is -1.25. The Balaban J connectivity index is 0.000000750. The van der Waals surface area contributed by atoms with Gasteiger partial charge in [-0.2, -0.15) is 6.07 Å². The molecule has 0 atom stereocenters. The topological polar surface area (TPSA) is 30.2 Å². The molecule has 0 aliphatic rings. The molecule has 0 aliphatic carbocycles. The molecular formula is C10H6IrN3-. The first-order valence-corrected chi connectivity index (χ1v) is 4.02. The maximum atomic E-state index is 4.25. The van der Waals surface area contributed by atoms with Gasteiger partial charge in [-0.25, -0.2) is 0 Å². The van der Waals surface area contributed by atoms with Gasteiger partial charge in [0.1, 0.15) is 0 Å². The third kappa shape index (κ3) is 1.24. The van der Waals surface area contributed by atoms with Gasteiger partial charge in [-0.1, -0.05) is 6.07 Å². The molecule has 0 unspecified atom stereocenters. The standard InChI is InChI=1S/C10H6N3.Ir/c1-3-11-7-8-2-5-13-6-4-12-10(13)9(1)8;/h2-7H;/q-1;. The Morgan fingerprint density at radius 3 is 3.14 bits per heavy atom. The molecule has 0 saturated heterocycles. The molecule has 0 fully saturated rings. The van der Waals surface area contributed by atoms with Crippen LogP contribution in [-0.4, -0.2) is 14.4 Å². The third-order valence-corrected chi connectivity index (χ3v) is 2.09. The Labute approximate surface area is 94.1 Å². The van der Waals surface area contributed by atoms with Crippen LogP contribution in [-0.2, 0) is 20.1 Å². The zero-order valence-corrected chi connectivity index (χ0v) is 9.53. The second-order valence-electron chi connectivity index (χ2n) is 2.86. The Bertz CT molecular complexity index is 573. The van der Waals surface area contributed by atoms with E-state index in [4.69, 9.17) is 0 Å². The molecule has 0 spiro atoms. The number of imidazole rings is 1. The van der Waals surface area contributed by atoms with Crippen molar-refractivity contribution in [3.05, 3.63) is 43.1 Å². The second-order valence-corrected chi connectivity index (χ2v) is 2.86. The summed E-state index contributed by atoms with van der Waals surface area (Å²) in [7, 11) is 0. The van der Waals surface area contributed by atoms with Gasteiger partial charge in [0.15, 0.2) is 0 Å². The van der Waals surface area contributed by atoms with Crippen LogP contribution < -0.4 is 0 Å². The molecule has 71 valence electrons. The fourth-order valence-corrected chi connectivity index (χ4v) is 1.47. The summed E-state index contributed by atoms with van der Waals surface area (Å²) in [6.07, 6.45) is 9.16. The van der Waals surface area contributed by atoms with Crippen molar-refractivity contribution in [1.29, 1.82) is 0 Å². The van der Waals surface area contributed by atoms with Crippen LogP contribution in [0.2, 0.25) is 0 Å². The van der Waals surface area contributed by atoms with Gasteiger partial charge in [-0.15, -0.1) is 10.8 Å². The molecule has 4 heteroatoms. The van der Waals surface area contributed by atoms with E-state index < -0.39 is 0 Å². The van der Waals surface area contributed by atoms with Gasteiger partial charge in [0, 0.05) is 38.1 Å². The number of nitrogens with zero attached hydrogens (tertiary/aromatic N) is 3. The van der Waals surface area contributed by atoms with Crippen molar-refractivity contribution in [1.82, 2.24) is 14.4 Å². The van der Waals surface area contributed by atoms with E-state index in [1.807, 2.05) is 29.1 Å². The number of fused-ring (bicyclic) bond motifs is 3. The molecule has 0 bridgehead atoms. The van der Waals surface area contributed by atoms with Gasteiger partial charge in [-0.05, 0) is 18.6 Å². The van der Waals surface area contributed by atoms with Crippen LogP contribution in [0.25, 0.3) is 16.4 Å². The molecule has 0 aliphatic heterocycles. The van der Waals surface area contributed by atoms with Gasteiger partial charge < -0.3 is 9.38 Å². The molecule has 0 aromatic carbocycles. The van der Waals surface area contributed by atoms with E-state index in [0.717, 1.165) is 16.4 Å². The van der Waals surface area contributed by atoms with Gasteiger partial charge >= 0.3 is 0 Å². The van der Waals surface area contributed by atoms with Crippen molar-refractivity contribution >= 4 is 16.4 Å². The van der Waals surface area contributed by atoms with E-state index >= 15 is 0 Å². The normalized spacial score (nSPS) is 10.3. The number of hydrogen-bond donors (Lipinski definition) is 0. The van der Waals surface area contributed by atoms with Gasteiger partial charge in [0.25, 0.3) is 0 Å². The monoisotopic (exact) mass is 361 g/mol. The molecule has 3 aromatic rings. The van der Waals surface area contributed by atoms with Crippen LogP contribution in [0.3, 0.4) is 0 Å². The summed E-state index contributed by atoms with van der Waals surface area (Å²) in [6.45, 7) is 0. The zero-order valence-electron chi connectivity index (χ0n) is 7.14. The fourth-order valence-electron chi connectivity index (χ4n) is 1.47. The quantitative estimate of drug-likeness (QED) is 0.571. The van der Waals surface area contributed by atoms with E-state index in [2.05, 4.69) is 16.0 Å². The van der Waals surface area contributed by atoms with Crippen molar-refractivity contribution in [3.8, 4) is 0 Å². The predicted octanol–water partition coefficient (Wildman–Crippen LogP) is 1.68. The van der Waals surface area contributed by atoms with E-state index in [9.17, 15) is 0 Å². The summed E-state index contributed by atoms with van der Waals surface area (Å²) in [4.78, 5) is 8.26. The summed E-state index contributed by atoms with van der Waals surface area (Å²) < 4.78 is 1.97. The molecule has 14 heavy (non-hydrogen) atoms. The van der Waals surface area contributed by atoms with Crippen molar-refractivity contribution in [2.45, 2.75) is 0 Å². The molecular weight excluding hydrogens is 354 g/mol. The summed E-state index contributed by atoms with van der Waals surface area (Å²) >= 11 is 0. The Morgan fingerprint density at radius 1 is 1.29 bits per heavy atom. The number of aromatic nitrogens is 3. The number of hydrogen-bond acceptors (Lipinski definition) is 2. The first kappa shape index (κ1) is 9.31. The van der Waals surface area contributed by atoms with E-state index in [-0.39, 0.29) is 20.1 Å². The van der Waals surface area contributed by atoms with Gasteiger partial charge in [0.2, 0.25) is 0 Å². The van der Waals surface area contributed by atoms with E-state index in [1.54, 1.807) is 12.4 Å². The summed E-state index contributed by atoms with van der Waals surface area (Å²) in [5.41, 5.74) is 0.930. The minimum Gasteiger partial charge on any atom is -0.361 e. The first-order valence-electron chi connectivity index (χ1n) is 4.02. The molecule has 3 rings (SSSR count). The minimum atomic E-state index is 0. The zero-order chi connectivity index (χ0) is 8.67. The van der Waals surface area contributed by atoms with E-state index in [0.29, 0.717) is 0 Å². The molecule has 3 nitrogen and oxygen atoms in total. The Morgan fingerprint density at radius 2 is 2.21 bits per heavy atom. The minimum absolute atomic E-state index is 0. The summed E-state index contributed by atoms with van der Waals surface area (Å²) in [5, 5.41) is 2.09. The third-order valence-electron chi connectivity index (χ3n) is 2.09. The average Bonchev–Trinajstić information content (AvgIpc) is 2.65. The van der Waals surface area contributed by atoms with Crippen LogP contribution in [0, 0.1) is 6.07 Å². The van der Waals surface area contributed by atoms with Gasteiger partial charge in [0.05, 0.1) is 0 Å². The largest absolute Gasteiger partial charge is 0.361 e. The van der Waals surface area contributed by atoms with Crippen molar-refractivity contribution in [3.63, 3.8) is 0 Å². The van der Waals surface area contributed by atoms with Crippen LogP contribution in [0.15, 0.2) is 37.1 Å². The molecule has 3 heterocycles. The molecule has 3 aromatic heterocycles. The van der Waals surface area contributed by atoms with Crippen LogP contribution in [0.4, 0.5) is 0 Å². The average molecular weight is 360 g/mol. The molecule has 0 N–H and O–H groups in total. The smallest absolute Gasteiger partial charge is 0.0315 e. The van der Waals surface area contributed by atoms with Crippen LogP contribution in [0.5, 0.6) is 0 Å². The maximum Gasteiger partial charge on any atom is 0.0315 e. The first-order chi connectivity index (χ1) is 6.45. The van der Waals surface area contributed by atoms with Crippen LogP contribution in [0.1, 0.15) is 0 Å². The van der Waals surface area contributed by atoms with Crippen molar-refractivity contribution < 1.29 is 20.1 Å². The van der Waals surface area contributed by atoms with E-state index in [1.165, 1.54) is 0 Å². The molecule has 0 saturated carbocycles. The van der Waals surface area contributed by atoms with Crippen molar-refractivity contribution in [2.75, 3.05) is 0 Å². The van der Waals surface area contributed by atoms with Crippen molar-refractivity contribution in [2.24, 2.45) is 0 Å². The summed E-state index contributed by atoms with van der Waals surface area (Å²) in [6, 6.07) is 5.09. The second kappa shape index (κ2) is 3.48. The SMILES string of the molecule is [Ir].[c-]1cncc2ccn3ccnc3c12. The molecule has 1 radical (unpaired) electrons. The predicted molar refractivity (Wildman–Crippen MR) is 49.3 cm³/mol.